The summed E-state index contributed by atoms with van der Waals surface area (Å²) in [6.45, 7) is 7.58. The fourth-order valence-corrected chi connectivity index (χ4v) is 2.94. The van der Waals surface area contributed by atoms with Gasteiger partial charge in [-0.15, -0.1) is 0 Å². The van der Waals surface area contributed by atoms with Gasteiger partial charge in [-0.05, 0) is 31.2 Å². The van der Waals surface area contributed by atoms with Gasteiger partial charge in [0, 0.05) is 35.2 Å². The van der Waals surface area contributed by atoms with Gasteiger partial charge in [0.05, 0.1) is 0 Å². The van der Waals surface area contributed by atoms with Crippen LogP contribution in [-0.2, 0) is 0 Å². The van der Waals surface area contributed by atoms with E-state index in [9.17, 15) is 0 Å². The van der Waals surface area contributed by atoms with Crippen molar-refractivity contribution in [2.45, 2.75) is 25.9 Å². The molecule has 1 aliphatic rings. The molecule has 1 aromatic carbocycles. The van der Waals surface area contributed by atoms with E-state index >= 15 is 0 Å². The average Bonchev–Trinajstić information content (AvgIpc) is 2.22. The van der Waals surface area contributed by atoms with Gasteiger partial charge in [-0.1, -0.05) is 36.2 Å². The second-order valence-electron chi connectivity index (χ2n) is 4.48. The number of halogens is 2. The molecule has 17 heavy (non-hydrogen) atoms. The number of likely N-dealkylation sites (N-methyl/N-ethyl adjacent to an activating group) is 1. The predicted octanol–water partition coefficient (Wildman–Crippen LogP) is 3.35. The molecule has 1 aliphatic heterocycles. The molecule has 1 aromatic rings. The number of nitrogens with one attached hydrogen (secondary N) is 1. The molecule has 1 saturated heterocycles. The summed E-state index contributed by atoms with van der Waals surface area (Å²) < 4.78 is 0. The number of rotatable bonds is 4. The lowest BCUT2D eigenvalue weighted by Gasteiger charge is -2.41. The first-order valence-electron chi connectivity index (χ1n) is 6.05. The van der Waals surface area contributed by atoms with Crippen molar-refractivity contribution in [2.75, 3.05) is 19.6 Å². The normalized spacial score (nSPS) is 18.2. The zero-order valence-electron chi connectivity index (χ0n) is 10.2. The zero-order valence-corrected chi connectivity index (χ0v) is 11.7. The second-order valence-corrected chi connectivity index (χ2v) is 5.33. The molecule has 0 aliphatic carbocycles. The van der Waals surface area contributed by atoms with Crippen molar-refractivity contribution in [1.29, 1.82) is 0 Å². The van der Waals surface area contributed by atoms with Crippen molar-refractivity contribution in [3.8, 4) is 0 Å². The molecule has 1 heterocycles. The Morgan fingerprint density at radius 1 is 1.41 bits per heavy atom. The first kappa shape index (κ1) is 13.2. The van der Waals surface area contributed by atoms with E-state index in [1.807, 2.05) is 18.2 Å². The van der Waals surface area contributed by atoms with Crippen LogP contribution in [0.3, 0.4) is 0 Å². The molecule has 1 unspecified atom stereocenters. The van der Waals surface area contributed by atoms with E-state index in [0.717, 1.165) is 30.2 Å². The van der Waals surface area contributed by atoms with Crippen molar-refractivity contribution < 1.29 is 0 Å². The largest absolute Gasteiger partial charge is 0.314 e. The van der Waals surface area contributed by atoms with Crippen LogP contribution in [0.15, 0.2) is 18.2 Å². The SMILES string of the molecule is CCN(C1CNC1)C(C)c1ccc(Cl)cc1Cl. The van der Waals surface area contributed by atoms with E-state index in [4.69, 9.17) is 23.2 Å². The lowest BCUT2D eigenvalue weighted by atomic mass is 10.0. The number of hydrogen-bond donors (Lipinski definition) is 1. The maximum atomic E-state index is 6.26. The molecule has 0 amide bonds. The summed E-state index contributed by atoms with van der Waals surface area (Å²) in [7, 11) is 0. The van der Waals surface area contributed by atoms with Gasteiger partial charge in [0.25, 0.3) is 0 Å². The summed E-state index contributed by atoms with van der Waals surface area (Å²) in [6.07, 6.45) is 0. The molecule has 1 N–H and O–H groups in total. The van der Waals surface area contributed by atoms with Crippen molar-refractivity contribution in [1.82, 2.24) is 10.2 Å². The predicted molar refractivity (Wildman–Crippen MR) is 73.9 cm³/mol. The molecule has 4 heteroatoms. The molecule has 1 atom stereocenters. The highest BCUT2D eigenvalue weighted by molar-refractivity contribution is 6.35. The molecule has 0 saturated carbocycles. The van der Waals surface area contributed by atoms with E-state index in [0.29, 0.717) is 17.1 Å². The molecule has 0 bridgehead atoms. The highest BCUT2D eigenvalue weighted by Crippen LogP contribution is 2.31. The molecule has 94 valence electrons. The first-order chi connectivity index (χ1) is 8.13. The smallest absolute Gasteiger partial charge is 0.0468 e. The van der Waals surface area contributed by atoms with E-state index in [1.54, 1.807) is 0 Å². The average molecular weight is 273 g/mol. The van der Waals surface area contributed by atoms with Gasteiger partial charge in [-0.3, -0.25) is 4.90 Å². The van der Waals surface area contributed by atoms with Crippen LogP contribution in [0.4, 0.5) is 0 Å². The molecule has 1 fully saturated rings. The standard InChI is InChI=1S/C13H18Cl2N2/c1-3-17(11-7-16-8-11)9(2)12-5-4-10(14)6-13(12)15/h4-6,9,11,16H,3,7-8H2,1-2H3. The highest BCUT2D eigenvalue weighted by atomic mass is 35.5. The summed E-state index contributed by atoms with van der Waals surface area (Å²) in [5.41, 5.74) is 1.16. The van der Waals surface area contributed by atoms with Crippen LogP contribution in [0, 0.1) is 0 Å². The fourth-order valence-electron chi connectivity index (χ4n) is 2.38. The van der Waals surface area contributed by atoms with E-state index in [1.165, 1.54) is 0 Å². The molecule has 2 nitrogen and oxygen atoms in total. The van der Waals surface area contributed by atoms with Crippen molar-refractivity contribution in [3.05, 3.63) is 33.8 Å². The third-order valence-corrected chi connectivity index (χ3v) is 4.07. The quantitative estimate of drug-likeness (QED) is 0.905. The molecule has 0 spiro atoms. The topological polar surface area (TPSA) is 15.3 Å². The molecular formula is C13H18Cl2N2. The first-order valence-corrected chi connectivity index (χ1v) is 6.80. The third-order valence-electron chi connectivity index (χ3n) is 3.50. The molecule has 2 rings (SSSR count). The van der Waals surface area contributed by atoms with Crippen LogP contribution in [0.2, 0.25) is 10.0 Å². The van der Waals surface area contributed by atoms with Crippen LogP contribution in [-0.4, -0.2) is 30.6 Å². The number of hydrogen-bond acceptors (Lipinski definition) is 2. The van der Waals surface area contributed by atoms with E-state index < -0.39 is 0 Å². The van der Waals surface area contributed by atoms with Crippen LogP contribution >= 0.6 is 23.2 Å². The van der Waals surface area contributed by atoms with Crippen molar-refractivity contribution >= 4 is 23.2 Å². The lowest BCUT2D eigenvalue weighted by molar-refractivity contribution is 0.110. The van der Waals surface area contributed by atoms with Gasteiger partial charge in [0.1, 0.15) is 0 Å². The Hall–Kier alpha value is -0.280. The Labute approximate surface area is 113 Å². The van der Waals surface area contributed by atoms with Crippen LogP contribution in [0.5, 0.6) is 0 Å². The second kappa shape index (κ2) is 5.57. The van der Waals surface area contributed by atoms with Crippen molar-refractivity contribution in [2.24, 2.45) is 0 Å². The van der Waals surface area contributed by atoms with Gasteiger partial charge >= 0.3 is 0 Å². The Kier molecular flexibility index (Phi) is 4.31. The number of benzene rings is 1. The monoisotopic (exact) mass is 272 g/mol. The fraction of sp³-hybridized carbons (Fsp3) is 0.538. The van der Waals surface area contributed by atoms with Gasteiger partial charge in [-0.25, -0.2) is 0 Å². The van der Waals surface area contributed by atoms with Crippen LogP contribution < -0.4 is 5.32 Å². The summed E-state index contributed by atoms with van der Waals surface area (Å²) in [5, 5.41) is 4.76. The van der Waals surface area contributed by atoms with E-state index in [2.05, 4.69) is 24.1 Å². The Bertz CT molecular complexity index is 391. The summed E-state index contributed by atoms with van der Waals surface area (Å²) in [4.78, 5) is 2.48. The van der Waals surface area contributed by atoms with Crippen molar-refractivity contribution in [3.63, 3.8) is 0 Å². The Balaban J connectivity index is 2.19. The van der Waals surface area contributed by atoms with E-state index in [-0.39, 0.29) is 0 Å². The minimum absolute atomic E-state index is 0.330. The Morgan fingerprint density at radius 3 is 2.59 bits per heavy atom. The summed E-state index contributed by atoms with van der Waals surface area (Å²) in [6, 6.07) is 6.72. The summed E-state index contributed by atoms with van der Waals surface area (Å²) >= 11 is 12.2. The highest BCUT2D eigenvalue weighted by Gasteiger charge is 2.28. The molecular weight excluding hydrogens is 255 g/mol. The van der Waals surface area contributed by atoms with Gasteiger partial charge in [0.2, 0.25) is 0 Å². The number of nitrogens with zero attached hydrogens (tertiary/aromatic N) is 1. The minimum atomic E-state index is 0.330. The maximum Gasteiger partial charge on any atom is 0.0468 e. The van der Waals surface area contributed by atoms with Gasteiger partial charge < -0.3 is 5.32 Å². The van der Waals surface area contributed by atoms with Crippen LogP contribution in [0.25, 0.3) is 0 Å². The third kappa shape index (κ3) is 2.76. The van der Waals surface area contributed by atoms with Crippen LogP contribution in [0.1, 0.15) is 25.5 Å². The zero-order chi connectivity index (χ0) is 12.4. The minimum Gasteiger partial charge on any atom is -0.314 e. The van der Waals surface area contributed by atoms with Gasteiger partial charge in [0.15, 0.2) is 0 Å². The van der Waals surface area contributed by atoms with Gasteiger partial charge in [-0.2, -0.15) is 0 Å². The summed E-state index contributed by atoms with van der Waals surface area (Å²) in [5.74, 6) is 0. The molecule has 0 radical (unpaired) electrons. The maximum absolute atomic E-state index is 6.26. The Morgan fingerprint density at radius 2 is 2.12 bits per heavy atom. The lowest BCUT2D eigenvalue weighted by Crippen LogP contribution is -2.57. The molecule has 0 aromatic heterocycles.